The summed E-state index contributed by atoms with van der Waals surface area (Å²) in [6.45, 7) is 8.02. The van der Waals surface area contributed by atoms with Crippen molar-refractivity contribution in [3.63, 3.8) is 0 Å². The third-order valence-corrected chi connectivity index (χ3v) is 12.0. The molecule has 2 bridgehead atoms. The quantitative estimate of drug-likeness (QED) is 0.205. The number of fused-ring (bicyclic) bond motifs is 2. The molecule has 0 spiro atoms. The fourth-order valence-electron chi connectivity index (χ4n) is 8.31. The maximum Gasteiger partial charge on any atom is 0.393 e. The summed E-state index contributed by atoms with van der Waals surface area (Å²) in [5.74, 6) is 0.988. The zero-order chi connectivity index (χ0) is 33.1. The summed E-state index contributed by atoms with van der Waals surface area (Å²) >= 11 is 1.07. The fourth-order valence-corrected chi connectivity index (χ4v) is 9.34. The molecular formula is C34H39F3N8OS. The number of hydrogen-bond donors (Lipinski definition) is 3. The predicted octanol–water partition coefficient (Wildman–Crippen LogP) is 5.51. The summed E-state index contributed by atoms with van der Waals surface area (Å²) in [5, 5.41) is 21.5. The number of nitrogens with one attached hydrogen (secondary N) is 3. The minimum absolute atomic E-state index is 0.0346. The highest BCUT2D eigenvalue weighted by molar-refractivity contribution is 7.18. The fraction of sp³-hybridized carbons (Fsp3) is 0.529. The van der Waals surface area contributed by atoms with E-state index in [1.807, 2.05) is 6.07 Å². The van der Waals surface area contributed by atoms with Crippen molar-refractivity contribution < 1.29 is 18.0 Å². The molecule has 3 saturated carbocycles. The average molecular weight is 665 g/mol. The summed E-state index contributed by atoms with van der Waals surface area (Å²) in [5.41, 5.74) is 4.17. The number of rotatable bonds is 10. The van der Waals surface area contributed by atoms with Crippen LogP contribution >= 0.6 is 11.3 Å². The van der Waals surface area contributed by atoms with E-state index in [0.29, 0.717) is 34.2 Å². The monoisotopic (exact) mass is 664 g/mol. The number of aryl methyl sites for hydroxylation is 1. The van der Waals surface area contributed by atoms with Gasteiger partial charge < -0.3 is 20.5 Å². The molecule has 4 fully saturated rings. The molecule has 1 aromatic carbocycles. The van der Waals surface area contributed by atoms with Crippen LogP contribution < -0.4 is 16.0 Å². The van der Waals surface area contributed by atoms with Crippen molar-refractivity contribution in [2.45, 2.75) is 76.8 Å². The summed E-state index contributed by atoms with van der Waals surface area (Å²) in [6, 6.07) is 10.5. The van der Waals surface area contributed by atoms with E-state index in [1.54, 1.807) is 13.1 Å². The molecule has 1 aliphatic heterocycles. The van der Waals surface area contributed by atoms with Gasteiger partial charge in [0.2, 0.25) is 5.91 Å². The number of benzene rings is 1. The van der Waals surface area contributed by atoms with Gasteiger partial charge in [0, 0.05) is 53.5 Å². The summed E-state index contributed by atoms with van der Waals surface area (Å²) in [6.07, 6.45) is -0.148. The van der Waals surface area contributed by atoms with Gasteiger partial charge in [0.25, 0.3) is 0 Å². The topological polar surface area (TPSA) is 111 Å². The van der Waals surface area contributed by atoms with Gasteiger partial charge >= 0.3 is 6.18 Å². The molecule has 0 unspecified atom stereocenters. The molecule has 4 heterocycles. The van der Waals surface area contributed by atoms with Gasteiger partial charge in [-0.15, -0.1) is 11.3 Å². The minimum Gasteiger partial charge on any atom is -0.367 e. The van der Waals surface area contributed by atoms with Crippen LogP contribution in [-0.4, -0.2) is 69.8 Å². The Bertz CT molecular complexity index is 1880. The highest BCUT2D eigenvalue weighted by Gasteiger charge is 2.74. The maximum absolute atomic E-state index is 12.9. The Morgan fingerprint density at radius 1 is 1.17 bits per heavy atom. The van der Waals surface area contributed by atoms with Crippen molar-refractivity contribution in [1.82, 2.24) is 30.1 Å². The molecule has 8 rings (SSSR count). The number of alkyl halides is 3. The maximum atomic E-state index is 12.9. The van der Waals surface area contributed by atoms with E-state index < -0.39 is 12.6 Å². The summed E-state index contributed by atoms with van der Waals surface area (Å²) in [7, 11) is 1.77. The summed E-state index contributed by atoms with van der Waals surface area (Å²) in [4.78, 5) is 24.0. The van der Waals surface area contributed by atoms with E-state index in [4.69, 9.17) is 0 Å². The number of amides is 1. The van der Waals surface area contributed by atoms with Gasteiger partial charge in [-0.05, 0) is 80.3 Å². The number of carbonyl (C=O) groups is 1. The Kier molecular flexibility index (Phi) is 7.96. The second-order valence-corrected chi connectivity index (χ2v) is 14.9. The first-order valence-electron chi connectivity index (χ1n) is 16.2. The van der Waals surface area contributed by atoms with Crippen LogP contribution in [0, 0.1) is 29.6 Å². The molecule has 3 aliphatic carbocycles. The number of piperidine rings is 1. The second-order valence-electron chi connectivity index (χ2n) is 13.8. The van der Waals surface area contributed by atoms with Crippen LogP contribution in [-0.2, 0) is 24.3 Å². The van der Waals surface area contributed by atoms with Crippen LogP contribution in [0.2, 0.25) is 0 Å². The number of halogens is 3. The highest BCUT2D eigenvalue weighted by atomic mass is 32.1. The van der Waals surface area contributed by atoms with Crippen LogP contribution in [0.15, 0.2) is 30.6 Å². The lowest BCUT2D eigenvalue weighted by Crippen LogP contribution is -2.82. The van der Waals surface area contributed by atoms with E-state index in [-0.39, 0.29) is 27.8 Å². The predicted molar refractivity (Wildman–Crippen MR) is 176 cm³/mol. The number of thiophene rings is 1. The van der Waals surface area contributed by atoms with Gasteiger partial charge in [-0.3, -0.25) is 9.69 Å². The Morgan fingerprint density at radius 2 is 1.94 bits per heavy atom. The van der Waals surface area contributed by atoms with E-state index in [0.717, 1.165) is 74.1 Å². The lowest BCUT2D eigenvalue weighted by atomic mass is 9.33. The van der Waals surface area contributed by atoms with Gasteiger partial charge in [0.05, 0.1) is 18.4 Å². The Balaban J connectivity index is 0.992. The van der Waals surface area contributed by atoms with Crippen molar-refractivity contribution in [2.75, 3.05) is 32.0 Å². The zero-order valence-electron chi connectivity index (χ0n) is 26.8. The molecule has 4 aromatic rings. The molecular weight excluding hydrogens is 625 g/mol. The number of likely N-dealkylation sites (N-methyl/N-ethyl adjacent to an activating group) is 1. The molecule has 9 nitrogen and oxygen atoms in total. The van der Waals surface area contributed by atoms with Crippen molar-refractivity contribution in [1.29, 1.82) is 5.26 Å². The van der Waals surface area contributed by atoms with Crippen LogP contribution in [0.5, 0.6) is 0 Å². The Hall–Kier alpha value is -3.73. The first-order valence-corrected chi connectivity index (χ1v) is 17.0. The Morgan fingerprint density at radius 3 is 2.62 bits per heavy atom. The largest absolute Gasteiger partial charge is 0.393 e. The number of carbonyl (C=O) groups excluding carboxylic acids is 1. The molecule has 13 heteroatoms. The third kappa shape index (κ3) is 5.74. The number of likely N-dealkylation sites (tertiary alicyclic amines) is 1. The van der Waals surface area contributed by atoms with E-state index >= 15 is 0 Å². The van der Waals surface area contributed by atoms with E-state index in [9.17, 15) is 23.2 Å². The molecule has 3 N–H and O–H groups in total. The van der Waals surface area contributed by atoms with E-state index in [2.05, 4.69) is 67.4 Å². The molecule has 1 atom stereocenters. The number of hydrogen-bond acceptors (Lipinski definition) is 8. The SMILES string of the molecule is CNCC(=O)NC12CC(Cn3c(C#N)cc4c(C)c(CN5CCC(Nc6ncnc7sc(CC(F)(F)F)cc67)CC5)ccc43)(C1)[C@@H]2C. The van der Waals surface area contributed by atoms with Crippen molar-refractivity contribution in [3.8, 4) is 6.07 Å². The van der Waals surface area contributed by atoms with E-state index in [1.165, 1.54) is 17.5 Å². The molecule has 4 aliphatic rings. The third-order valence-electron chi connectivity index (χ3n) is 10.9. The lowest BCUT2D eigenvalue weighted by Gasteiger charge is -2.76. The van der Waals surface area contributed by atoms with Crippen molar-refractivity contribution >= 4 is 44.2 Å². The number of nitrogens with zero attached hydrogens (tertiary/aromatic N) is 5. The van der Waals surface area contributed by atoms with Crippen LogP contribution in [0.3, 0.4) is 0 Å². The van der Waals surface area contributed by atoms with Gasteiger partial charge in [0.1, 0.15) is 28.7 Å². The smallest absolute Gasteiger partial charge is 0.367 e. The normalized spacial score (nSPS) is 24.6. The minimum atomic E-state index is -4.26. The molecule has 248 valence electrons. The standard InChI is InChI=1S/C34H39F3N8OS/c1-20-22(15-44-8-6-23(7-9-44)42-30-27-11-25(12-34(35,36)37)47-31(27)41-19-40-30)4-5-28-26(20)10-24(13-38)45(28)18-32-16-33(17-32,21(32)2)43-29(46)14-39-3/h4-5,10-11,19,21,23,39H,6-9,12,14-18H2,1-3H3,(H,43,46)(H,40,41,42)/t21-,32?,33?/m0/s1. The molecule has 0 radical (unpaired) electrons. The van der Waals surface area contributed by atoms with Gasteiger partial charge in [0.15, 0.2) is 0 Å². The molecule has 1 amide bonds. The first-order chi connectivity index (χ1) is 22.4. The van der Waals surface area contributed by atoms with Gasteiger partial charge in [-0.2, -0.15) is 18.4 Å². The van der Waals surface area contributed by atoms with Crippen molar-refractivity contribution in [2.24, 2.45) is 11.3 Å². The van der Waals surface area contributed by atoms with Gasteiger partial charge in [-0.25, -0.2) is 9.97 Å². The molecule has 47 heavy (non-hydrogen) atoms. The first kappa shape index (κ1) is 31.8. The van der Waals surface area contributed by atoms with Crippen LogP contribution in [0.1, 0.15) is 54.3 Å². The zero-order valence-corrected chi connectivity index (χ0v) is 27.6. The number of nitriles is 1. The second kappa shape index (κ2) is 11.8. The lowest BCUT2D eigenvalue weighted by molar-refractivity contribution is -0.228. The van der Waals surface area contributed by atoms with Gasteiger partial charge in [-0.1, -0.05) is 13.0 Å². The molecule has 3 aromatic heterocycles. The van der Waals surface area contributed by atoms with Crippen LogP contribution in [0.25, 0.3) is 21.1 Å². The number of anilines is 1. The highest BCUT2D eigenvalue weighted by Crippen LogP contribution is 2.72. The molecule has 1 saturated heterocycles. The Labute approximate surface area is 275 Å². The van der Waals surface area contributed by atoms with Crippen LogP contribution in [0.4, 0.5) is 19.0 Å². The number of aromatic nitrogens is 3. The van der Waals surface area contributed by atoms with Crippen molar-refractivity contribution in [3.05, 3.63) is 52.3 Å². The summed E-state index contributed by atoms with van der Waals surface area (Å²) < 4.78 is 41.0. The average Bonchev–Trinajstić information content (AvgIpc) is 3.59.